The van der Waals surface area contributed by atoms with E-state index in [1.165, 1.54) is 15.5 Å². The van der Waals surface area contributed by atoms with Crippen molar-refractivity contribution in [3.8, 4) is 39.9 Å². The molecule has 0 aliphatic rings. The van der Waals surface area contributed by atoms with Crippen molar-refractivity contribution in [1.82, 2.24) is 29.5 Å². The van der Waals surface area contributed by atoms with Gasteiger partial charge in [-0.1, -0.05) is 103 Å². The van der Waals surface area contributed by atoms with E-state index in [0.29, 0.717) is 17.5 Å². The zero-order chi connectivity index (χ0) is 29.0. The molecule has 0 spiro atoms. The fourth-order valence-electron chi connectivity index (χ4n) is 6.01. The number of nitrogens with zero attached hydrogens (tertiary/aromatic N) is 6. The first-order chi connectivity index (χ1) is 21.8. The average molecular weight is 583 g/mol. The van der Waals surface area contributed by atoms with Crippen molar-refractivity contribution < 1.29 is 0 Å². The Morgan fingerprint density at radius 1 is 0.545 bits per heavy atom. The quantitative estimate of drug-likeness (QED) is 0.207. The van der Waals surface area contributed by atoms with Crippen LogP contribution >= 0.6 is 11.3 Å². The number of aromatic nitrogens is 6. The molecule has 0 radical (unpaired) electrons. The number of benzene rings is 5. The average Bonchev–Trinajstić information content (AvgIpc) is 3.65. The summed E-state index contributed by atoms with van der Waals surface area (Å²) in [6.45, 7) is 0. The van der Waals surface area contributed by atoms with Crippen LogP contribution < -0.4 is 0 Å². The zero-order valence-electron chi connectivity index (χ0n) is 23.3. The van der Waals surface area contributed by atoms with Crippen LogP contribution in [0.25, 0.3) is 82.0 Å². The number of fused-ring (bicyclic) bond motifs is 7. The molecule has 0 amide bonds. The highest BCUT2D eigenvalue weighted by molar-refractivity contribution is 7.26. The van der Waals surface area contributed by atoms with Crippen molar-refractivity contribution in [3.63, 3.8) is 0 Å². The van der Waals surface area contributed by atoms with Crippen LogP contribution in [0.15, 0.2) is 134 Å². The van der Waals surface area contributed by atoms with E-state index in [-0.39, 0.29) is 0 Å². The first-order valence-corrected chi connectivity index (χ1v) is 15.2. The molecule has 0 atom stereocenters. The molecule has 0 bridgehead atoms. The van der Waals surface area contributed by atoms with Crippen LogP contribution in [0.4, 0.5) is 0 Å². The minimum atomic E-state index is 0.627. The van der Waals surface area contributed by atoms with Crippen LogP contribution in [-0.2, 0) is 0 Å². The van der Waals surface area contributed by atoms with Gasteiger partial charge in [0, 0.05) is 44.7 Å². The van der Waals surface area contributed by atoms with Crippen molar-refractivity contribution >= 4 is 53.4 Å². The molecule has 4 aromatic heterocycles. The summed E-state index contributed by atoms with van der Waals surface area (Å²) in [7, 11) is 0. The SMILES string of the molecule is c1ccc(-c2nc(-c3ccccc3)nc(-c3cccc(-n4c5ccccc5c5ccc6c7ncncc7sc6c54)c3)n2)cc1. The number of para-hydroxylation sites is 1. The molecule has 0 saturated carbocycles. The second-order valence-corrected chi connectivity index (χ2v) is 11.7. The highest BCUT2D eigenvalue weighted by Crippen LogP contribution is 2.42. The van der Waals surface area contributed by atoms with Gasteiger partial charge in [0.25, 0.3) is 0 Å². The molecule has 0 aliphatic heterocycles. The maximum Gasteiger partial charge on any atom is 0.164 e. The lowest BCUT2D eigenvalue weighted by Gasteiger charge is -2.12. The molecule has 0 aliphatic carbocycles. The standard InChI is InChI=1S/C37H22N6S/c1-3-10-23(11-4-1)35-40-36(24-12-5-2-6-13-24)42-37(41-35)25-14-9-15-26(20-25)43-30-17-8-7-16-27(30)28-18-19-29-32-31(21-38-22-39-32)44-34(29)33(28)43/h1-22H. The Bertz CT molecular complexity index is 2440. The van der Waals surface area contributed by atoms with Gasteiger partial charge in [0.05, 0.1) is 25.9 Å². The van der Waals surface area contributed by atoms with Gasteiger partial charge in [-0.15, -0.1) is 11.3 Å². The summed E-state index contributed by atoms with van der Waals surface area (Å²) in [4.78, 5) is 23.7. The second-order valence-electron chi connectivity index (χ2n) is 10.6. The summed E-state index contributed by atoms with van der Waals surface area (Å²) in [5, 5.41) is 3.55. The number of rotatable bonds is 4. The molecule has 9 rings (SSSR count). The lowest BCUT2D eigenvalue weighted by atomic mass is 10.1. The van der Waals surface area contributed by atoms with Gasteiger partial charge in [0.2, 0.25) is 0 Å². The smallest absolute Gasteiger partial charge is 0.164 e. The van der Waals surface area contributed by atoms with Gasteiger partial charge in [-0.05, 0) is 18.2 Å². The molecule has 0 fully saturated rings. The van der Waals surface area contributed by atoms with E-state index in [9.17, 15) is 0 Å². The Hall–Kier alpha value is -5.79. The Morgan fingerprint density at radius 3 is 1.93 bits per heavy atom. The lowest BCUT2D eigenvalue weighted by molar-refractivity contribution is 1.07. The van der Waals surface area contributed by atoms with Crippen molar-refractivity contribution in [2.24, 2.45) is 0 Å². The van der Waals surface area contributed by atoms with Gasteiger partial charge in [-0.25, -0.2) is 24.9 Å². The van der Waals surface area contributed by atoms with E-state index in [1.807, 2.05) is 66.9 Å². The third-order valence-corrected chi connectivity index (χ3v) is 9.13. The summed E-state index contributed by atoms with van der Waals surface area (Å²) >= 11 is 1.74. The summed E-state index contributed by atoms with van der Waals surface area (Å²) < 4.78 is 4.63. The van der Waals surface area contributed by atoms with Gasteiger partial charge in [0.15, 0.2) is 17.5 Å². The van der Waals surface area contributed by atoms with Crippen molar-refractivity contribution in [1.29, 1.82) is 0 Å². The van der Waals surface area contributed by atoms with E-state index in [4.69, 9.17) is 15.0 Å². The van der Waals surface area contributed by atoms with Gasteiger partial charge >= 0.3 is 0 Å². The molecule has 7 heteroatoms. The summed E-state index contributed by atoms with van der Waals surface area (Å²) in [6.07, 6.45) is 3.53. The predicted molar refractivity (Wildman–Crippen MR) is 179 cm³/mol. The molecule has 206 valence electrons. The normalized spacial score (nSPS) is 11.6. The minimum absolute atomic E-state index is 0.627. The van der Waals surface area contributed by atoms with Gasteiger partial charge in [-0.3, -0.25) is 0 Å². The van der Waals surface area contributed by atoms with E-state index in [0.717, 1.165) is 49.0 Å². The molecule has 4 heterocycles. The number of hydrogen-bond acceptors (Lipinski definition) is 6. The van der Waals surface area contributed by atoms with Crippen LogP contribution in [-0.4, -0.2) is 29.5 Å². The molecular weight excluding hydrogens is 561 g/mol. The Labute approximate surface area is 256 Å². The summed E-state index contributed by atoms with van der Waals surface area (Å²) in [6, 6.07) is 41.6. The molecule has 5 aromatic carbocycles. The lowest BCUT2D eigenvalue weighted by Crippen LogP contribution is -2.01. The number of thiophene rings is 1. The second kappa shape index (κ2) is 9.90. The Kier molecular flexibility index (Phi) is 5.57. The van der Waals surface area contributed by atoms with Crippen LogP contribution in [0.3, 0.4) is 0 Å². The van der Waals surface area contributed by atoms with Crippen molar-refractivity contribution in [2.45, 2.75) is 0 Å². The molecular formula is C37H22N6S. The first kappa shape index (κ1) is 24.8. The number of hydrogen-bond donors (Lipinski definition) is 0. The monoisotopic (exact) mass is 582 g/mol. The third-order valence-electron chi connectivity index (χ3n) is 8.00. The Balaban J connectivity index is 1.30. The van der Waals surface area contributed by atoms with Crippen LogP contribution in [0.2, 0.25) is 0 Å². The van der Waals surface area contributed by atoms with Gasteiger partial charge in [0.1, 0.15) is 6.33 Å². The van der Waals surface area contributed by atoms with Gasteiger partial charge in [-0.2, -0.15) is 0 Å². The zero-order valence-corrected chi connectivity index (χ0v) is 24.1. The molecule has 9 aromatic rings. The van der Waals surface area contributed by atoms with E-state index in [2.05, 4.69) is 75.2 Å². The molecule has 0 saturated heterocycles. The highest BCUT2D eigenvalue weighted by Gasteiger charge is 2.19. The highest BCUT2D eigenvalue weighted by atomic mass is 32.1. The minimum Gasteiger partial charge on any atom is -0.308 e. The van der Waals surface area contributed by atoms with E-state index < -0.39 is 0 Å². The molecule has 0 N–H and O–H groups in total. The van der Waals surface area contributed by atoms with Crippen LogP contribution in [0, 0.1) is 0 Å². The molecule has 6 nitrogen and oxygen atoms in total. The third kappa shape index (κ3) is 3.91. The maximum atomic E-state index is 4.98. The van der Waals surface area contributed by atoms with E-state index in [1.54, 1.807) is 17.7 Å². The largest absolute Gasteiger partial charge is 0.308 e. The maximum absolute atomic E-state index is 4.98. The summed E-state index contributed by atoms with van der Waals surface area (Å²) in [5.41, 5.74) is 7.13. The first-order valence-electron chi connectivity index (χ1n) is 14.3. The topological polar surface area (TPSA) is 69.4 Å². The Morgan fingerprint density at radius 2 is 1.18 bits per heavy atom. The fourth-order valence-corrected chi connectivity index (χ4v) is 7.18. The van der Waals surface area contributed by atoms with Crippen molar-refractivity contribution in [3.05, 3.63) is 134 Å². The molecule has 0 unspecified atom stereocenters. The molecule has 44 heavy (non-hydrogen) atoms. The van der Waals surface area contributed by atoms with Crippen molar-refractivity contribution in [2.75, 3.05) is 0 Å². The van der Waals surface area contributed by atoms with E-state index >= 15 is 0 Å². The van der Waals surface area contributed by atoms with Gasteiger partial charge < -0.3 is 4.57 Å². The predicted octanol–water partition coefficient (Wildman–Crippen LogP) is 9.13. The fraction of sp³-hybridized carbons (Fsp3) is 0. The summed E-state index contributed by atoms with van der Waals surface area (Å²) in [5.74, 6) is 1.91. The van der Waals surface area contributed by atoms with Crippen LogP contribution in [0.1, 0.15) is 0 Å². The van der Waals surface area contributed by atoms with Crippen LogP contribution in [0.5, 0.6) is 0 Å².